The van der Waals surface area contributed by atoms with E-state index in [2.05, 4.69) is 24.0 Å². The lowest BCUT2D eigenvalue weighted by atomic mass is 10.1. The number of nitrogens with zero attached hydrogens (tertiary/aromatic N) is 1. The highest BCUT2D eigenvalue weighted by atomic mass is 16.5. The Balaban J connectivity index is 1.86. The van der Waals surface area contributed by atoms with Crippen LogP contribution in [0.15, 0.2) is 18.2 Å². The fraction of sp³-hybridized carbons (Fsp3) is 0.533. The Kier molecular flexibility index (Phi) is 4.37. The molecular formula is C15H21NO2. The van der Waals surface area contributed by atoms with Gasteiger partial charge in [0, 0.05) is 32.5 Å². The van der Waals surface area contributed by atoms with E-state index in [9.17, 15) is 4.79 Å². The minimum absolute atomic E-state index is 0.409. The fourth-order valence-electron chi connectivity index (χ4n) is 2.41. The van der Waals surface area contributed by atoms with Crippen LogP contribution in [0.4, 0.5) is 0 Å². The van der Waals surface area contributed by atoms with E-state index >= 15 is 0 Å². The molecule has 0 N–H and O–H groups in total. The summed E-state index contributed by atoms with van der Waals surface area (Å²) in [4.78, 5) is 13.5. The zero-order valence-electron chi connectivity index (χ0n) is 11.2. The molecule has 3 nitrogen and oxygen atoms in total. The smallest absolute Gasteiger partial charge is 0.135 e. The number of piperidine rings is 1. The maximum absolute atomic E-state index is 11.2. The molecule has 1 saturated heterocycles. The third-order valence-corrected chi connectivity index (χ3v) is 3.59. The van der Waals surface area contributed by atoms with Gasteiger partial charge >= 0.3 is 0 Å². The molecule has 0 saturated carbocycles. The van der Waals surface area contributed by atoms with Crippen LogP contribution in [0.25, 0.3) is 0 Å². The zero-order chi connectivity index (χ0) is 13.0. The molecule has 0 spiro atoms. The Labute approximate surface area is 109 Å². The minimum Gasteiger partial charge on any atom is -0.496 e. The standard InChI is InChI=1S/C15H21NO2/c1-12-11-13(3-4-15(12)18-2)5-8-16-9-6-14(17)7-10-16/h3-4,11H,5-10H2,1-2H3. The normalized spacial score (nSPS) is 16.9. The number of ether oxygens (including phenoxy) is 1. The number of rotatable bonds is 4. The lowest BCUT2D eigenvalue weighted by Gasteiger charge is -2.25. The quantitative estimate of drug-likeness (QED) is 0.817. The van der Waals surface area contributed by atoms with Gasteiger partial charge in [0.25, 0.3) is 0 Å². The molecule has 0 bridgehead atoms. The number of Topliss-reactive ketones (excluding diaryl/α,β-unsaturated/α-hetero) is 1. The van der Waals surface area contributed by atoms with Crippen LogP contribution in [0.2, 0.25) is 0 Å². The third kappa shape index (κ3) is 3.33. The van der Waals surface area contributed by atoms with E-state index in [0.717, 1.165) is 44.6 Å². The second-order valence-corrected chi connectivity index (χ2v) is 4.93. The van der Waals surface area contributed by atoms with Crippen LogP contribution in [0.3, 0.4) is 0 Å². The average Bonchev–Trinajstić information content (AvgIpc) is 2.38. The highest BCUT2D eigenvalue weighted by molar-refractivity contribution is 5.79. The van der Waals surface area contributed by atoms with Crippen LogP contribution in [0.1, 0.15) is 24.0 Å². The Morgan fingerprint density at radius 2 is 2.00 bits per heavy atom. The van der Waals surface area contributed by atoms with Gasteiger partial charge in [-0.1, -0.05) is 12.1 Å². The van der Waals surface area contributed by atoms with Gasteiger partial charge in [0.1, 0.15) is 11.5 Å². The van der Waals surface area contributed by atoms with Crippen molar-refractivity contribution in [2.45, 2.75) is 26.2 Å². The number of carbonyl (C=O) groups excluding carboxylic acids is 1. The number of benzene rings is 1. The maximum atomic E-state index is 11.2. The summed E-state index contributed by atoms with van der Waals surface area (Å²) in [7, 11) is 1.70. The van der Waals surface area contributed by atoms with Crippen molar-refractivity contribution in [3.05, 3.63) is 29.3 Å². The topological polar surface area (TPSA) is 29.5 Å². The van der Waals surface area contributed by atoms with Crippen LogP contribution in [-0.4, -0.2) is 37.4 Å². The molecule has 0 unspecified atom stereocenters. The van der Waals surface area contributed by atoms with Gasteiger partial charge in [-0.25, -0.2) is 0 Å². The number of aryl methyl sites for hydroxylation is 1. The Morgan fingerprint density at radius 1 is 1.28 bits per heavy atom. The van der Waals surface area contributed by atoms with Crippen molar-refractivity contribution in [1.82, 2.24) is 4.90 Å². The van der Waals surface area contributed by atoms with Gasteiger partial charge < -0.3 is 9.64 Å². The number of hydrogen-bond donors (Lipinski definition) is 0. The molecule has 0 amide bonds. The number of ketones is 1. The average molecular weight is 247 g/mol. The molecule has 98 valence electrons. The number of likely N-dealkylation sites (tertiary alicyclic amines) is 1. The van der Waals surface area contributed by atoms with Crippen LogP contribution in [-0.2, 0) is 11.2 Å². The fourth-order valence-corrected chi connectivity index (χ4v) is 2.41. The largest absolute Gasteiger partial charge is 0.496 e. The first-order chi connectivity index (χ1) is 8.69. The lowest BCUT2D eigenvalue weighted by Crippen LogP contribution is -2.35. The predicted molar refractivity (Wildman–Crippen MR) is 72.1 cm³/mol. The Bertz CT molecular complexity index is 419. The van der Waals surface area contributed by atoms with Crippen molar-refractivity contribution in [3.63, 3.8) is 0 Å². The van der Waals surface area contributed by atoms with Gasteiger partial charge in [-0.05, 0) is 30.5 Å². The first kappa shape index (κ1) is 13.1. The molecule has 1 fully saturated rings. The van der Waals surface area contributed by atoms with Crippen molar-refractivity contribution in [2.75, 3.05) is 26.7 Å². The first-order valence-corrected chi connectivity index (χ1v) is 6.56. The molecule has 1 aromatic rings. The summed E-state index contributed by atoms with van der Waals surface area (Å²) >= 11 is 0. The van der Waals surface area contributed by atoms with E-state index < -0.39 is 0 Å². The second kappa shape index (κ2) is 6.01. The van der Waals surface area contributed by atoms with Gasteiger partial charge in [-0.15, -0.1) is 0 Å². The van der Waals surface area contributed by atoms with E-state index in [0.29, 0.717) is 5.78 Å². The van der Waals surface area contributed by atoms with Crippen LogP contribution >= 0.6 is 0 Å². The van der Waals surface area contributed by atoms with Gasteiger partial charge in [0.15, 0.2) is 0 Å². The van der Waals surface area contributed by atoms with E-state index in [1.165, 1.54) is 11.1 Å². The summed E-state index contributed by atoms with van der Waals surface area (Å²) in [6.45, 7) is 4.96. The number of carbonyl (C=O) groups is 1. The van der Waals surface area contributed by atoms with E-state index in [4.69, 9.17) is 4.74 Å². The van der Waals surface area contributed by atoms with E-state index in [1.54, 1.807) is 7.11 Å². The summed E-state index contributed by atoms with van der Waals surface area (Å²) in [5.41, 5.74) is 2.52. The highest BCUT2D eigenvalue weighted by Crippen LogP contribution is 2.19. The molecule has 1 aliphatic heterocycles. The minimum atomic E-state index is 0.409. The van der Waals surface area contributed by atoms with Crippen molar-refractivity contribution in [3.8, 4) is 5.75 Å². The lowest BCUT2D eigenvalue weighted by molar-refractivity contribution is -0.121. The monoisotopic (exact) mass is 247 g/mol. The molecule has 18 heavy (non-hydrogen) atoms. The number of hydrogen-bond acceptors (Lipinski definition) is 3. The Morgan fingerprint density at radius 3 is 2.61 bits per heavy atom. The molecular weight excluding hydrogens is 226 g/mol. The van der Waals surface area contributed by atoms with Crippen molar-refractivity contribution in [1.29, 1.82) is 0 Å². The van der Waals surface area contributed by atoms with E-state index in [-0.39, 0.29) is 0 Å². The second-order valence-electron chi connectivity index (χ2n) is 4.93. The molecule has 1 aromatic carbocycles. The SMILES string of the molecule is COc1ccc(CCN2CCC(=O)CC2)cc1C. The molecule has 0 radical (unpaired) electrons. The van der Waals surface area contributed by atoms with Crippen molar-refractivity contribution < 1.29 is 9.53 Å². The van der Waals surface area contributed by atoms with E-state index in [1.807, 2.05) is 6.07 Å². The van der Waals surface area contributed by atoms with Gasteiger partial charge in [0.05, 0.1) is 7.11 Å². The highest BCUT2D eigenvalue weighted by Gasteiger charge is 2.15. The Hall–Kier alpha value is -1.35. The molecule has 1 heterocycles. The van der Waals surface area contributed by atoms with Crippen molar-refractivity contribution in [2.24, 2.45) is 0 Å². The van der Waals surface area contributed by atoms with Crippen molar-refractivity contribution >= 4 is 5.78 Å². The van der Waals surface area contributed by atoms with Crippen LogP contribution in [0.5, 0.6) is 5.75 Å². The van der Waals surface area contributed by atoms with Gasteiger partial charge in [-0.3, -0.25) is 4.79 Å². The number of methoxy groups -OCH3 is 1. The van der Waals surface area contributed by atoms with Crippen LogP contribution in [0, 0.1) is 6.92 Å². The maximum Gasteiger partial charge on any atom is 0.135 e. The molecule has 0 atom stereocenters. The van der Waals surface area contributed by atoms with Gasteiger partial charge in [-0.2, -0.15) is 0 Å². The molecule has 0 aromatic heterocycles. The summed E-state index contributed by atoms with van der Waals surface area (Å²) in [5, 5.41) is 0. The summed E-state index contributed by atoms with van der Waals surface area (Å²) in [5.74, 6) is 1.36. The predicted octanol–water partition coefficient (Wildman–Crippen LogP) is 2.21. The van der Waals surface area contributed by atoms with Gasteiger partial charge in [0.2, 0.25) is 0 Å². The molecule has 0 aliphatic carbocycles. The molecule has 3 heteroatoms. The summed E-state index contributed by atoms with van der Waals surface area (Å²) in [6, 6.07) is 6.35. The zero-order valence-corrected chi connectivity index (χ0v) is 11.2. The third-order valence-electron chi connectivity index (χ3n) is 3.59. The summed E-state index contributed by atoms with van der Waals surface area (Å²) in [6.07, 6.45) is 2.49. The van der Waals surface area contributed by atoms with Crippen LogP contribution < -0.4 is 4.74 Å². The first-order valence-electron chi connectivity index (χ1n) is 6.56. The molecule has 1 aliphatic rings. The molecule has 2 rings (SSSR count). The summed E-state index contributed by atoms with van der Waals surface area (Å²) < 4.78 is 5.26.